The van der Waals surface area contributed by atoms with Gasteiger partial charge in [-0.2, -0.15) is 4.31 Å². The number of piperazine rings is 1. The molecule has 2 N–H and O–H groups in total. The van der Waals surface area contributed by atoms with Crippen molar-refractivity contribution >= 4 is 15.7 Å². The maximum absolute atomic E-state index is 12.3. The van der Waals surface area contributed by atoms with Gasteiger partial charge in [0, 0.05) is 12.1 Å². The number of non-ortho nitro benzene ring substituents is 1. The second-order valence-corrected chi connectivity index (χ2v) is 5.96. The molecule has 0 unspecified atom stereocenters. The molecule has 7 nitrogen and oxygen atoms in total. The molecule has 1 aromatic rings. The number of rotatable bonds is 3. The molecule has 1 aromatic carbocycles. The van der Waals surface area contributed by atoms with E-state index in [9.17, 15) is 18.5 Å². The summed E-state index contributed by atoms with van der Waals surface area (Å²) in [4.78, 5) is 10.0. The molecule has 18 heavy (non-hydrogen) atoms. The van der Waals surface area contributed by atoms with E-state index in [1.807, 2.05) is 5.32 Å². The lowest BCUT2D eigenvalue weighted by molar-refractivity contribution is -0.661. The molecule has 0 aliphatic carbocycles. The molecule has 1 heterocycles. The molecule has 1 saturated heterocycles. The number of hydrogen-bond acceptors (Lipinski definition) is 4. The first kappa shape index (κ1) is 12.9. The third-order valence-corrected chi connectivity index (χ3v) is 4.73. The number of nitrogens with two attached hydrogens (primary N) is 1. The van der Waals surface area contributed by atoms with Crippen LogP contribution in [0.4, 0.5) is 5.69 Å². The summed E-state index contributed by atoms with van der Waals surface area (Å²) >= 11 is 0. The van der Waals surface area contributed by atoms with Gasteiger partial charge in [0.2, 0.25) is 10.0 Å². The van der Waals surface area contributed by atoms with Gasteiger partial charge in [-0.3, -0.25) is 10.1 Å². The molecule has 0 atom stereocenters. The number of nitrogens with zero attached hydrogens (tertiary/aromatic N) is 2. The quantitative estimate of drug-likeness (QED) is 0.573. The summed E-state index contributed by atoms with van der Waals surface area (Å²) in [7, 11) is -3.61. The largest absolute Gasteiger partial charge is 0.344 e. The summed E-state index contributed by atoms with van der Waals surface area (Å²) in [6, 6.07) is 5.17. The zero-order valence-electron chi connectivity index (χ0n) is 9.65. The van der Waals surface area contributed by atoms with Crippen molar-refractivity contribution < 1.29 is 18.7 Å². The van der Waals surface area contributed by atoms with E-state index in [1.165, 1.54) is 22.5 Å². The highest BCUT2D eigenvalue weighted by Crippen LogP contribution is 2.20. The van der Waals surface area contributed by atoms with Gasteiger partial charge in [-0.05, 0) is 6.07 Å². The van der Waals surface area contributed by atoms with E-state index < -0.39 is 14.9 Å². The van der Waals surface area contributed by atoms with E-state index in [0.29, 0.717) is 26.2 Å². The van der Waals surface area contributed by atoms with E-state index in [4.69, 9.17) is 0 Å². The number of benzene rings is 1. The van der Waals surface area contributed by atoms with Crippen molar-refractivity contribution in [3.8, 4) is 0 Å². The van der Waals surface area contributed by atoms with Crippen molar-refractivity contribution in [1.82, 2.24) is 4.31 Å². The minimum absolute atomic E-state index is 0.0152. The van der Waals surface area contributed by atoms with Gasteiger partial charge in [-0.25, -0.2) is 8.42 Å². The monoisotopic (exact) mass is 272 g/mol. The summed E-state index contributed by atoms with van der Waals surface area (Å²) in [6.45, 7) is 2.30. The first-order valence-electron chi connectivity index (χ1n) is 5.58. The first-order chi connectivity index (χ1) is 8.51. The highest BCUT2D eigenvalue weighted by molar-refractivity contribution is 7.89. The van der Waals surface area contributed by atoms with Crippen LogP contribution >= 0.6 is 0 Å². The highest BCUT2D eigenvalue weighted by Gasteiger charge is 2.28. The predicted octanol–water partition coefficient (Wildman–Crippen LogP) is -0.837. The Hall–Kier alpha value is -1.51. The molecule has 0 spiro atoms. The van der Waals surface area contributed by atoms with Crippen LogP contribution in [-0.2, 0) is 10.0 Å². The lowest BCUT2D eigenvalue weighted by atomic mass is 10.3. The van der Waals surface area contributed by atoms with Crippen molar-refractivity contribution in [3.05, 3.63) is 34.4 Å². The molecule has 0 saturated carbocycles. The molecule has 1 fully saturated rings. The molecular formula is C10H14N3O4S+. The SMILES string of the molecule is O=[N+]([O-])c1cccc(S(=O)(=O)N2CC[NH2+]CC2)c1. The fourth-order valence-electron chi connectivity index (χ4n) is 1.87. The maximum Gasteiger partial charge on any atom is 0.270 e. The van der Waals surface area contributed by atoms with E-state index >= 15 is 0 Å². The van der Waals surface area contributed by atoms with Gasteiger partial charge < -0.3 is 5.32 Å². The number of hydrogen-bond donors (Lipinski definition) is 1. The van der Waals surface area contributed by atoms with E-state index in [2.05, 4.69) is 0 Å². The van der Waals surface area contributed by atoms with Crippen LogP contribution < -0.4 is 5.32 Å². The molecule has 98 valence electrons. The average molecular weight is 272 g/mol. The van der Waals surface area contributed by atoms with Gasteiger partial charge in [0.25, 0.3) is 5.69 Å². The van der Waals surface area contributed by atoms with Crippen LogP contribution in [0, 0.1) is 10.1 Å². The topological polar surface area (TPSA) is 97.1 Å². The summed E-state index contributed by atoms with van der Waals surface area (Å²) in [5.41, 5.74) is -0.209. The van der Waals surface area contributed by atoms with Crippen molar-refractivity contribution in [2.75, 3.05) is 26.2 Å². The van der Waals surface area contributed by atoms with Crippen LogP contribution in [0.25, 0.3) is 0 Å². The molecular weight excluding hydrogens is 258 g/mol. The van der Waals surface area contributed by atoms with Crippen molar-refractivity contribution in [1.29, 1.82) is 0 Å². The van der Waals surface area contributed by atoms with Gasteiger partial charge in [-0.1, -0.05) is 6.07 Å². The fourth-order valence-corrected chi connectivity index (χ4v) is 3.38. The van der Waals surface area contributed by atoms with Crippen LogP contribution in [0.1, 0.15) is 0 Å². The second-order valence-electron chi connectivity index (χ2n) is 4.02. The number of nitro groups is 1. The Labute approximate surface area is 105 Å². The maximum atomic E-state index is 12.3. The average Bonchev–Trinajstić information content (AvgIpc) is 2.40. The van der Waals surface area contributed by atoms with Crippen LogP contribution in [-0.4, -0.2) is 43.8 Å². The molecule has 0 bridgehead atoms. The number of quaternary nitrogens is 1. The number of nitro benzene ring substituents is 1. The Morgan fingerprint density at radius 1 is 1.28 bits per heavy atom. The van der Waals surface area contributed by atoms with Crippen LogP contribution in [0.15, 0.2) is 29.2 Å². The minimum Gasteiger partial charge on any atom is -0.344 e. The van der Waals surface area contributed by atoms with Crippen LogP contribution in [0.5, 0.6) is 0 Å². The highest BCUT2D eigenvalue weighted by atomic mass is 32.2. The number of sulfonamides is 1. The fraction of sp³-hybridized carbons (Fsp3) is 0.400. The van der Waals surface area contributed by atoms with E-state index in [1.54, 1.807) is 0 Å². The standard InChI is InChI=1S/C10H13N3O4S/c14-13(15)9-2-1-3-10(8-9)18(16,17)12-6-4-11-5-7-12/h1-3,8,11H,4-7H2/p+1. The summed E-state index contributed by atoms with van der Waals surface area (Å²) < 4.78 is 25.9. The summed E-state index contributed by atoms with van der Waals surface area (Å²) in [6.07, 6.45) is 0. The smallest absolute Gasteiger partial charge is 0.270 e. The zero-order chi connectivity index (χ0) is 13.2. The second kappa shape index (κ2) is 5.01. The van der Waals surface area contributed by atoms with E-state index in [0.717, 1.165) is 6.07 Å². The molecule has 1 aliphatic heterocycles. The van der Waals surface area contributed by atoms with Gasteiger partial charge in [0.1, 0.15) is 0 Å². The third-order valence-electron chi connectivity index (χ3n) is 2.83. The Bertz CT molecular complexity index is 552. The molecule has 0 radical (unpaired) electrons. The Morgan fingerprint density at radius 2 is 1.94 bits per heavy atom. The van der Waals surface area contributed by atoms with Crippen LogP contribution in [0.3, 0.4) is 0 Å². The molecule has 0 aromatic heterocycles. The zero-order valence-corrected chi connectivity index (χ0v) is 10.5. The first-order valence-corrected chi connectivity index (χ1v) is 7.02. The molecule has 0 amide bonds. The van der Waals surface area contributed by atoms with Crippen molar-refractivity contribution in [2.24, 2.45) is 0 Å². The Kier molecular flexibility index (Phi) is 3.60. The van der Waals surface area contributed by atoms with Gasteiger partial charge >= 0.3 is 0 Å². The summed E-state index contributed by atoms with van der Waals surface area (Å²) in [5.74, 6) is 0. The Morgan fingerprint density at radius 3 is 2.56 bits per heavy atom. The van der Waals surface area contributed by atoms with Gasteiger partial charge in [0.05, 0.1) is 36.0 Å². The third kappa shape index (κ3) is 2.50. The minimum atomic E-state index is -3.61. The lowest BCUT2D eigenvalue weighted by Gasteiger charge is -2.24. The van der Waals surface area contributed by atoms with Crippen molar-refractivity contribution in [2.45, 2.75) is 4.90 Å². The van der Waals surface area contributed by atoms with Crippen LogP contribution in [0.2, 0.25) is 0 Å². The van der Waals surface area contributed by atoms with E-state index in [-0.39, 0.29) is 10.6 Å². The van der Waals surface area contributed by atoms with Crippen molar-refractivity contribution in [3.63, 3.8) is 0 Å². The molecule has 8 heteroatoms. The normalized spacial score (nSPS) is 17.6. The summed E-state index contributed by atoms with van der Waals surface area (Å²) in [5, 5.41) is 12.7. The lowest BCUT2D eigenvalue weighted by Crippen LogP contribution is -2.89. The molecule has 2 rings (SSSR count). The van der Waals surface area contributed by atoms with Gasteiger partial charge in [-0.15, -0.1) is 0 Å². The van der Waals surface area contributed by atoms with Gasteiger partial charge in [0.15, 0.2) is 0 Å². The Balaban J connectivity index is 2.34. The predicted molar refractivity (Wildman–Crippen MR) is 63.5 cm³/mol. The molecule has 1 aliphatic rings.